The van der Waals surface area contributed by atoms with Crippen molar-refractivity contribution < 1.29 is 9.53 Å². The molecule has 1 N–H and O–H groups in total. The Morgan fingerprint density at radius 1 is 1.38 bits per heavy atom. The molecule has 0 radical (unpaired) electrons. The average Bonchev–Trinajstić information content (AvgIpc) is 3.08. The predicted octanol–water partition coefficient (Wildman–Crippen LogP) is 0.838. The smallest absolute Gasteiger partial charge is 0.223 e. The number of aromatic amines is 1. The summed E-state index contributed by atoms with van der Waals surface area (Å²) in [5.41, 5.74) is 1.15. The summed E-state index contributed by atoms with van der Waals surface area (Å²) in [4.78, 5) is 16.7. The Morgan fingerprint density at radius 2 is 2.24 bits per heavy atom. The first-order chi connectivity index (χ1) is 10.3. The highest BCUT2D eigenvalue weighted by atomic mass is 16.5. The Labute approximate surface area is 125 Å². The number of aromatic nitrogens is 2. The molecule has 1 aromatic heterocycles. The molecule has 2 aliphatic rings. The fraction of sp³-hybridized carbons (Fsp3) is 0.733. The molecule has 2 aliphatic heterocycles. The van der Waals surface area contributed by atoms with Crippen molar-refractivity contribution >= 4 is 5.91 Å². The highest BCUT2D eigenvalue weighted by molar-refractivity contribution is 5.76. The van der Waals surface area contributed by atoms with Crippen LogP contribution in [0, 0.1) is 0 Å². The maximum absolute atomic E-state index is 12.4. The van der Waals surface area contributed by atoms with Gasteiger partial charge in [-0.05, 0) is 18.9 Å². The van der Waals surface area contributed by atoms with E-state index in [9.17, 15) is 4.79 Å². The van der Waals surface area contributed by atoms with Crippen molar-refractivity contribution in [1.29, 1.82) is 0 Å². The Morgan fingerprint density at radius 3 is 3.00 bits per heavy atom. The minimum absolute atomic E-state index is 0.283. The molecule has 2 fully saturated rings. The number of ether oxygens (including phenoxy) is 1. The zero-order chi connectivity index (χ0) is 14.5. The van der Waals surface area contributed by atoms with Crippen LogP contribution in [0.5, 0.6) is 0 Å². The first-order valence-electron chi connectivity index (χ1n) is 7.90. The van der Waals surface area contributed by atoms with Gasteiger partial charge in [-0.1, -0.05) is 0 Å². The van der Waals surface area contributed by atoms with E-state index in [1.165, 1.54) is 0 Å². The summed E-state index contributed by atoms with van der Waals surface area (Å²) in [6, 6.07) is 2.02. The summed E-state index contributed by atoms with van der Waals surface area (Å²) in [7, 11) is 0. The largest absolute Gasteiger partial charge is 0.379 e. The second-order valence-electron chi connectivity index (χ2n) is 5.89. The number of piperidine rings is 1. The number of hydrogen-bond donors (Lipinski definition) is 1. The first kappa shape index (κ1) is 14.5. The highest BCUT2D eigenvalue weighted by Gasteiger charge is 2.25. The van der Waals surface area contributed by atoms with Gasteiger partial charge in [0.25, 0.3) is 0 Å². The van der Waals surface area contributed by atoms with E-state index in [2.05, 4.69) is 15.1 Å². The van der Waals surface area contributed by atoms with E-state index in [0.717, 1.165) is 64.5 Å². The second kappa shape index (κ2) is 7.04. The van der Waals surface area contributed by atoms with Crippen molar-refractivity contribution in [1.82, 2.24) is 20.0 Å². The number of likely N-dealkylation sites (tertiary alicyclic amines) is 1. The van der Waals surface area contributed by atoms with Crippen LogP contribution in [0.1, 0.15) is 30.9 Å². The number of rotatable bonds is 4. The van der Waals surface area contributed by atoms with E-state index in [1.54, 1.807) is 6.20 Å². The number of nitrogens with zero attached hydrogens (tertiary/aromatic N) is 3. The molecule has 2 saturated heterocycles. The van der Waals surface area contributed by atoms with Crippen molar-refractivity contribution in [2.75, 3.05) is 45.9 Å². The molecule has 0 aliphatic carbocycles. The van der Waals surface area contributed by atoms with E-state index in [1.807, 2.05) is 11.0 Å². The number of nitrogens with one attached hydrogen (secondary N) is 1. The van der Waals surface area contributed by atoms with Crippen LogP contribution in [-0.2, 0) is 9.53 Å². The highest BCUT2D eigenvalue weighted by Crippen LogP contribution is 2.25. The Bertz CT molecular complexity index is 443. The lowest BCUT2D eigenvalue weighted by molar-refractivity contribution is -0.133. The molecule has 6 nitrogen and oxygen atoms in total. The molecule has 0 spiro atoms. The first-order valence-corrected chi connectivity index (χ1v) is 7.90. The van der Waals surface area contributed by atoms with Gasteiger partial charge >= 0.3 is 0 Å². The standard InChI is InChI=1S/C15H24N4O2/c20-15(4-7-18-8-10-21-11-9-18)19-6-1-2-13(12-19)14-3-5-16-17-14/h3,5,13H,1-2,4,6-12H2,(H,16,17). The summed E-state index contributed by atoms with van der Waals surface area (Å²) < 4.78 is 5.33. The molecule has 6 heteroatoms. The van der Waals surface area contributed by atoms with Gasteiger partial charge in [-0.3, -0.25) is 14.8 Å². The van der Waals surface area contributed by atoms with E-state index >= 15 is 0 Å². The molecule has 21 heavy (non-hydrogen) atoms. The second-order valence-corrected chi connectivity index (χ2v) is 5.89. The van der Waals surface area contributed by atoms with Gasteiger partial charge in [0, 0.05) is 57.0 Å². The van der Waals surface area contributed by atoms with Crippen molar-refractivity contribution in [2.24, 2.45) is 0 Å². The molecule has 0 aromatic carbocycles. The Kier molecular flexibility index (Phi) is 4.87. The third-order valence-corrected chi connectivity index (χ3v) is 4.48. The van der Waals surface area contributed by atoms with Gasteiger partial charge in [-0.15, -0.1) is 0 Å². The van der Waals surface area contributed by atoms with Gasteiger partial charge in [0.15, 0.2) is 0 Å². The zero-order valence-corrected chi connectivity index (χ0v) is 12.5. The van der Waals surface area contributed by atoms with Crippen LogP contribution in [0.2, 0.25) is 0 Å². The lowest BCUT2D eigenvalue weighted by atomic mass is 9.95. The van der Waals surface area contributed by atoms with Crippen LogP contribution in [0.4, 0.5) is 0 Å². The maximum atomic E-state index is 12.4. The third kappa shape index (κ3) is 3.83. The molecular weight excluding hydrogens is 268 g/mol. The van der Waals surface area contributed by atoms with Crippen LogP contribution in [0.15, 0.2) is 12.3 Å². The van der Waals surface area contributed by atoms with Gasteiger partial charge < -0.3 is 9.64 Å². The molecule has 3 rings (SSSR count). The van der Waals surface area contributed by atoms with Crippen LogP contribution in [-0.4, -0.2) is 71.8 Å². The van der Waals surface area contributed by atoms with Gasteiger partial charge in [-0.25, -0.2) is 0 Å². The lowest BCUT2D eigenvalue weighted by Gasteiger charge is -2.33. The molecule has 116 valence electrons. The molecule has 3 heterocycles. The topological polar surface area (TPSA) is 61.5 Å². The summed E-state index contributed by atoms with van der Waals surface area (Å²) in [6.07, 6.45) is 4.62. The van der Waals surface area contributed by atoms with Gasteiger partial charge in [0.1, 0.15) is 0 Å². The van der Waals surface area contributed by atoms with E-state index in [0.29, 0.717) is 12.3 Å². The fourth-order valence-corrected chi connectivity index (χ4v) is 3.19. The van der Waals surface area contributed by atoms with E-state index in [4.69, 9.17) is 4.74 Å². The maximum Gasteiger partial charge on any atom is 0.223 e. The fourth-order valence-electron chi connectivity index (χ4n) is 3.19. The molecule has 1 aromatic rings. The number of amides is 1. The molecule has 1 unspecified atom stereocenters. The van der Waals surface area contributed by atoms with Crippen molar-refractivity contribution in [3.05, 3.63) is 18.0 Å². The predicted molar refractivity (Wildman–Crippen MR) is 79.0 cm³/mol. The summed E-state index contributed by atoms with van der Waals surface area (Å²) in [5, 5.41) is 7.06. The number of carbonyl (C=O) groups is 1. The Balaban J connectivity index is 1.47. The number of carbonyl (C=O) groups excluding carboxylic acids is 1. The van der Waals surface area contributed by atoms with Gasteiger partial charge in [0.2, 0.25) is 5.91 Å². The molecule has 1 amide bonds. The molecular formula is C15H24N4O2. The normalized spacial score (nSPS) is 24.2. The van der Waals surface area contributed by atoms with Crippen LogP contribution in [0.25, 0.3) is 0 Å². The zero-order valence-electron chi connectivity index (χ0n) is 12.5. The van der Waals surface area contributed by atoms with Crippen LogP contribution < -0.4 is 0 Å². The van der Waals surface area contributed by atoms with E-state index in [-0.39, 0.29) is 5.91 Å². The SMILES string of the molecule is O=C(CCN1CCOCC1)N1CCCC(c2ccn[nH]2)C1. The monoisotopic (exact) mass is 292 g/mol. The molecule has 1 atom stereocenters. The van der Waals surface area contributed by atoms with Crippen LogP contribution in [0.3, 0.4) is 0 Å². The summed E-state index contributed by atoms with van der Waals surface area (Å²) >= 11 is 0. The average molecular weight is 292 g/mol. The summed E-state index contributed by atoms with van der Waals surface area (Å²) in [5.74, 6) is 0.694. The molecule has 0 bridgehead atoms. The van der Waals surface area contributed by atoms with Gasteiger partial charge in [-0.2, -0.15) is 5.10 Å². The third-order valence-electron chi connectivity index (χ3n) is 4.48. The number of morpholine rings is 1. The molecule has 0 saturated carbocycles. The number of H-pyrrole nitrogens is 1. The minimum atomic E-state index is 0.283. The van der Waals surface area contributed by atoms with Gasteiger partial charge in [0.05, 0.1) is 13.2 Å². The lowest BCUT2D eigenvalue weighted by Crippen LogP contribution is -2.42. The quantitative estimate of drug-likeness (QED) is 0.893. The summed E-state index contributed by atoms with van der Waals surface area (Å²) in [6.45, 7) is 6.05. The van der Waals surface area contributed by atoms with Crippen molar-refractivity contribution in [3.63, 3.8) is 0 Å². The Hall–Kier alpha value is -1.40. The van der Waals surface area contributed by atoms with Crippen molar-refractivity contribution in [2.45, 2.75) is 25.2 Å². The van der Waals surface area contributed by atoms with Crippen molar-refractivity contribution in [3.8, 4) is 0 Å². The minimum Gasteiger partial charge on any atom is -0.379 e. The van der Waals surface area contributed by atoms with Crippen LogP contribution >= 0.6 is 0 Å². The number of hydrogen-bond acceptors (Lipinski definition) is 4. The van der Waals surface area contributed by atoms with E-state index < -0.39 is 0 Å².